The zero-order valence-electron chi connectivity index (χ0n) is 15.7. The zero-order valence-corrected chi connectivity index (χ0v) is 17.3. The fraction of sp³-hybridized carbons (Fsp3) is 0.150. The molecule has 152 valence electrons. The second-order valence-corrected chi connectivity index (χ2v) is 8.86. The molecule has 3 rings (SSSR count). The molecule has 0 spiro atoms. The summed E-state index contributed by atoms with van der Waals surface area (Å²) in [4.78, 5) is 12.2. The van der Waals surface area contributed by atoms with Crippen LogP contribution in [0.4, 0.5) is 10.1 Å². The summed E-state index contributed by atoms with van der Waals surface area (Å²) in [5.74, 6) is -0.419. The Hall–Kier alpha value is -2.75. The Labute approximate surface area is 172 Å². The Kier molecular flexibility index (Phi) is 6.31. The SMILES string of the molecule is COc1ccc(S(=O)(=O)N[C@H](c2ccc(F)cc2)c2cccs2)cc1NC(C)=O. The quantitative estimate of drug-likeness (QED) is 0.590. The van der Waals surface area contributed by atoms with Gasteiger partial charge in [0.15, 0.2) is 0 Å². The fourth-order valence-electron chi connectivity index (χ4n) is 2.77. The molecule has 9 heteroatoms. The van der Waals surface area contributed by atoms with Gasteiger partial charge in [0.25, 0.3) is 0 Å². The number of methoxy groups -OCH3 is 1. The van der Waals surface area contributed by atoms with Gasteiger partial charge in [0.2, 0.25) is 15.9 Å². The van der Waals surface area contributed by atoms with E-state index in [4.69, 9.17) is 4.74 Å². The number of hydrogen-bond donors (Lipinski definition) is 2. The molecule has 0 unspecified atom stereocenters. The number of amides is 1. The van der Waals surface area contributed by atoms with Crippen LogP contribution in [0.15, 0.2) is 64.9 Å². The van der Waals surface area contributed by atoms with Crippen molar-refractivity contribution in [1.82, 2.24) is 4.72 Å². The minimum Gasteiger partial charge on any atom is -0.495 e. The Morgan fingerprint density at radius 1 is 1.14 bits per heavy atom. The molecule has 0 bridgehead atoms. The summed E-state index contributed by atoms with van der Waals surface area (Å²) >= 11 is 1.39. The van der Waals surface area contributed by atoms with Crippen LogP contribution in [0, 0.1) is 5.82 Å². The van der Waals surface area contributed by atoms with Gasteiger partial charge in [-0.1, -0.05) is 18.2 Å². The van der Waals surface area contributed by atoms with Crippen molar-refractivity contribution in [2.24, 2.45) is 0 Å². The van der Waals surface area contributed by atoms with E-state index in [1.54, 1.807) is 18.2 Å². The van der Waals surface area contributed by atoms with Crippen LogP contribution >= 0.6 is 11.3 Å². The van der Waals surface area contributed by atoms with E-state index in [9.17, 15) is 17.6 Å². The first-order chi connectivity index (χ1) is 13.8. The number of carbonyl (C=O) groups excluding carboxylic acids is 1. The van der Waals surface area contributed by atoms with Crippen molar-refractivity contribution in [2.45, 2.75) is 17.9 Å². The highest BCUT2D eigenvalue weighted by molar-refractivity contribution is 7.89. The summed E-state index contributed by atoms with van der Waals surface area (Å²) < 4.78 is 47.3. The molecule has 0 radical (unpaired) electrons. The van der Waals surface area contributed by atoms with Gasteiger partial charge in [0.05, 0.1) is 23.7 Å². The predicted octanol–water partition coefficient (Wildman–Crippen LogP) is 3.92. The highest BCUT2D eigenvalue weighted by Crippen LogP contribution is 2.31. The lowest BCUT2D eigenvalue weighted by Gasteiger charge is -2.19. The predicted molar refractivity (Wildman–Crippen MR) is 110 cm³/mol. The normalized spacial score (nSPS) is 12.4. The molecular formula is C20H19FN2O4S2. The number of benzene rings is 2. The van der Waals surface area contributed by atoms with Crippen molar-refractivity contribution in [3.05, 3.63) is 76.2 Å². The number of ether oxygens (including phenoxy) is 1. The number of hydrogen-bond acceptors (Lipinski definition) is 5. The van der Waals surface area contributed by atoms with E-state index in [1.165, 1.54) is 55.7 Å². The van der Waals surface area contributed by atoms with Gasteiger partial charge in [-0.3, -0.25) is 4.79 Å². The zero-order chi connectivity index (χ0) is 21.0. The largest absolute Gasteiger partial charge is 0.495 e. The van der Waals surface area contributed by atoms with Crippen LogP contribution in [0.5, 0.6) is 5.75 Å². The highest BCUT2D eigenvalue weighted by Gasteiger charge is 2.25. The number of nitrogens with one attached hydrogen (secondary N) is 2. The maximum atomic E-state index is 13.3. The lowest BCUT2D eigenvalue weighted by Crippen LogP contribution is -2.29. The summed E-state index contributed by atoms with van der Waals surface area (Å²) in [6.07, 6.45) is 0. The number of thiophene rings is 1. The van der Waals surface area contributed by atoms with Crippen molar-refractivity contribution in [3.8, 4) is 5.75 Å². The summed E-state index contributed by atoms with van der Waals surface area (Å²) in [5, 5.41) is 4.40. The Balaban J connectivity index is 1.99. The third kappa shape index (κ3) is 5.00. The van der Waals surface area contributed by atoms with Crippen LogP contribution < -0.4 is 14.8 Å². The molecule has 1 heterocycles. The van der Waals surface area contributed by atoms with Crippen LogP contribution in [0.2, 0.25) is 0 Å². The highest BCUT2D eigenvalue weighted by atomic mass is 32.2. The Morgan fingerprint density at radius 3 is 2.45 bits per heavy atom. The second kappa shape index (κ2) is 8.73. The first-order valence-electron chi connectivity index (χ1n) is 8.57. The Morgan fingerprint density at radius 2 is 1.86 bits per heavy atom. The molecule has 0 aliphatic rings. The second-order valence-electron chi connectivity index (χ2n) is 6.16. The summed E-state index contributed by atoms with van der Waals surface area (Å²) in [6, 6.07) is 12.8. The first kappa shape index (κ1) is 21.0. The van der Waals surface area contributed by atoms with E-state index in [-0.39, 0.29) is 16.5 Å². The maximum absolute atomic E-state index is 13.3. The van der Waals surface area contributed by atoms with Crippen LogP contribution in [-0.4, -0.2) is 21.4 Å². The van der Waals surface area contributed by atoms with Crippen molar-refractivity contribution in [1.29, 1.82) is 0 Å². The van der Waals surface area contributed by atoms with Crippen molar-refractivity contribution in [3.63, 3.8) is 0 Å². The lowest BCUT2D eigenvalue weighted by molar-refractivity contribution is -0.114. The van der Waals surface area contributed by atoms with E-state index in [0.717, 1.165) is 4.88 Å². The standard InChI is InChI=1S/C20H19FN2O4S2/c1-13(24)22-17-12-16(9-10-18(17)27-2)29(25,26)23-20(19-4-3-11-28-19)14-5-7-15(21)8-6-14/h3-12,20,23H,1-2H3,(H,22,24)/t20-/m1/s1. The third-order valence-corrected chi connectivity index (χ3v) is 6.45. The minimum atomic E-state index is -3.97. The van der Waals surface area contributed by atoms with Gasteiger partial charge in [-0.05, 0) is 47.3 Å². The first-order valence-corrected chi connectivity index (χ1v) is 10.9. The molecule has 0 saturated heterocycles. The summed E-state index contributed by atoms with van der Waals surface area (Å²) in [7, 11) is -2.55. The number of anilines is 1. The maximum Gasteiger partial charge on any atom is 0.241 e. The van der Waals surface area contributed by atoms with Crippen molar-refractivity contribution >= 4 is 33.0 Å². The van der Waals surface area contributed by atoms with Gasteiger partial charge in [0.1, 0.15) is 11.6 Å². The molecule has 3 aromatic rings. The molecule has 29 heavy (non-hydrogen) atoms. The number of sulfonamides is 1. The van der Waals surface area contributed by atoms with E-state index in [1.807, 2.05) is 11.4 Å². The van der Waals surface area contributed by atoms with Crippen LogP contribution in [0.3, 0.4) is 0 Å². The van der Waals surface area contributed by atoms with Gasteiger partial charge in [-0.25, -0.2) is 12.8 Å². The topological polar surface area (TPSA) is 84.5 Å². The van der Waals surface area contributed by atoms with Crippen LogP contribution in [-0.2, 0) is 14.8 Å². The molecule has 1 atom stereocenters. The van der Waals surface area contributed by atoms with Gasteiger partial charge >= 0.3 is 0 Å². The van der Waals surface area contributed by atoms with Crippen LogP contribution in [0.1, 0.15) is 23.4 Å². The summed E-state index contributed by atoms with van der Waals surface area (Å²) in [5.41, 5.74) is 0.852. The van der Waals surface area contributed by atoms with Gasteiger partial charge in [-0.15, -0.1) is 11.3 Å². The molecule has 0 aliphatic heterocycles. The third-order valence-electron chi connectivity index (χ3n) is 4.10. The molecule has 1 amide bonds. The van der Waals surface area contributed by atoms with Crippen LogP contribution in [0.25, 0.3) is 0 Å². The minimum absolute atomic E-state index is 0.0364. The molecule has 2 aromatic carbocycles. The number of rotatable bonds is 7. The van der Waals surface area contributed by atoms with Gasteiger partial charge in [0, 0.05) is 11.8 Å². The van der Waals surface area contributed by atoms with E-state index >= 15 is 0 Å². The number of halogens is 1. The molecule has 0 aliphatic carbocycles. The summed E-state index contributed by atoms with van der Waals surface area (Å²) in [6.45, 7) is 1.32. The van der Waals surface area contributed by atoms with Crippen molar-refractivity contribution in [2.75, 3.05) is 12.4 Å². The average molecular weight is 435 g/mol. The van der Waals surface area contributed by atoms with E-state index < -0.39 is 21.9 Å². The molecule has 6 nitrogen and oxygen atoms in total. The monoisotopic (exact) mass is 434 g/mol. The van der Waals surface area contributed by atoms with Crippen molar-refractivity contribution < 1.29 is 22.3 Å². The molecule has 1 aromatic heterocycles. The molecule has 0 fully saturated rings. The molecule has 0 saturated carbocycles. The fourth-order valence-corrected chi connectivity index (χ4v) is 4.87. The average Bonchev–Trinajstić information content (AvgIpc) is 3.21. The Bertz CT molecular complexity index is 1100. The van der Waals surface area contributed by atoms with Gasteiger partial charge in [-0.2, -0.15) is 4.72 Å². The number of carbonyl (C=O) groups is 1. The molecular weight excluding hydrogens is 415 g/mol. The smallest absolute Gasteiger partial charge is 0.241 e. The van der Waals surface area contributed by atoms with Gasteiger partial charge < -0.3 is 10.1 Å². The lowest BCUT2D eigenvalue weighted by atomic mass is 10.1. The molecule has 2 N–H and O–H groups in total. The van der Waals surface area contributed by atoms with E-state index in [2.05, 4.69) is 10.0 Å². The van der Waals surface area contributed by atoms with E-state index in [0.29, 0.717) is 11.3 Å².